The Morgan fingerprint density at radius 2 is 1.78 bits per heavy atom. The van der Waals surface area contributed by atoms with E-state index in [0.29, 0.717) is 5.56 Å². The highest BCUT2D eigenvalue weighted by Crippen LogP contribution is 2.27. The SMILES string of the molecule is O=C(CCN1C(=O)CN(C2CCCC2)C1=O)c1ccc(F)cc1. The fourth-order valence-electron chi connectivity index (χ4n) is 3.28. The molecule has 0 atom stereocenters. The van der Waals surface area contributed by atoms with Crippen LogP contribution in [0.1, 0.15) is 42.5 Å². The Balaban J connectivity index is 1.59. The number of carbonyl (C=O) groups excluding carboxylic acids is 3. The van der Waals surface area contributed by atoms with Gasteiger partial charge in [-0.25, -0.2) is 9.18 Å². The van der Waals surface area contributed by atoms with Gasteiger partial charge in [0, 0.05) is 24.6 Å². The Morgan fingerprint density at radius 3 is 2.43 bits per heavy atom. The highest BCUT2D eigenvalue weighted by Gasteiger charge is 2.40. The number of carbonyl (C=O) groups is 3. The van der Waals surface area contributed by atoms with Gasteiger partial charge in [-0.3, -0.25) is 14.5 Å². The van der Waals surface area contributed by atoms with Crippen LogP contribution in [0, 0.1) is 5.82 Å². The Hall–Kier alpha value is -2.24. The maximum Gasteiger partial charge on any atom is 0.327 e. The van der Waals surface area contributed by atoms with E-state index in [1.807, 2.05) is 0 Å². The van der Waals surface area contributed by atoms with Crippen molar-refractivity contribution in [3.8, 4) is 0 Å². The first-order valence-electron chi connectivity index (χ1n) is 7.96. The second kappa shape index (κ2) is 6.48. The molecule has 3 rings (SSSR count). The van der Waals surface area contributed by atoms with Crippen LogP contribution in [0.3, 0.4) is 0 Å². The zero-order valence-corrected chi connectivity index (χ0v) is 12.8. The summed E-state index contributed by atoms with van der Waals surface area (Å²) in [7, 11) is 0. The third kappa shape index (κ3) is 3.25. The molecule has 0 spiro atoms. The number of amides is 3. The third-order valence-electron chi connectivity index (χ3n) is 4.58. The summed E-state index contributed by atoms with van der Waals surface area (Å²) in [4.78, 5) is 39.3. The van der Waals surface area contributed by atoms with E-state index in [4.69, 9.17) is 0 Å². The standard InChI is InChI=1S/C17H19FN2O3/c18-13-7-5-12(6-8-13)15(21)9-10-19-16(22)11-20(17(19)23)14-3-1-2-4-14/h5-8,14H,1-4,9-11H2. The first-order chi connectivity index (χ1) is 11.1. The van der Waals surface area contributed by atoms with Crippen molar-refractivity contribution in [1.82, 2.24) is 9.80 Å². The van der Waals surface area contributed by atoms with E-state index in [2.05, 4.69) is 0 Å². The van der Waals surface area contributed by atoms with E-state index >= 15 is 0 Å². The highest BCUT2D eigenvalue weighted by molar-refractivity contribution is 6.03. The first kappa shape index (κ1) is 15.6. The fourth-order valence-corrected chi connectivity index (χ4v) is 3.28. The van der Waals surface area contributed by atoms with Crippen molar-refractivity contribution >= 4 is 17.7 Å². The van der Waals surface area contributed by atoms with E-state index < -0.39 is 5.82 Å². The van der Waals surface area contributed by atoms with Crippen molar-refractivity contribution in [2.45, 2.75) is 38.1 Å². The van der Waals surface area contributed by atoms with Gasteiger partial charge in [-0.15, -0.1) is 0 Å². The monoisotopic (exact) mass is 318 g/mol. The quantitative estimate of drug-likeness (QED) is 0.619. The van der Waals surface area contributed by atoms with Gasteiger partial charge in [-0.2, -0.15) is 0 Å². The lowest BCUT2D eigenvalue weighted by atomic mass is 10.1. The van der Waals surface area contributed by atoms with Crippen LogP contribution in [-0.2, 0) is 4.79 Å². The summed E-state index contributed by atoms with van der Waals surface area (Å²) in [5.74, 6) is -0.850. The number of nitrogens with zero attached hydrogens (tertiary/aromatic N) is 2. The van der Waals surface area contributed by atoms with Gasteiger partial charge in [-0.05, 0) is 37.1 Å². The Morgan fingerprint density at radius 1 is 1.13 bits per heavy atom. The number of rotatable bonds is 5. The van der Waals surface area contributed by atoms with Gasteiger partial charge in [0.15, 0.2) is 5.78 Å². The average Bonchev–Trinajstić information content (AvgIpc) is 3.15. The highest BCUT2D eigenvalue weighted by atomic mass is 19.1. The van der Waals surface area contributed by atoms with Crippen LogP contribution in [0.2, 0.25) is 0 Å². The first-order valence-corrected chi connectivity index (χ1v) is 7.96. The van der Waals surface area contributed by atoms with Gasteiger partial charge in [0.25, 0.3) is 0 Å². The number of halogens is 1. The normalized spacial score (nSPS) is 19.0. The van der Waals surface area contributed by atoms with Crippen LogP contribution in [0.15, 0.2) is 24.3 Å². The van der Waals surface area contributed by atoms with Crippen LogP contribution >= 0.6 is 0 Å². The minimum Gasteiger partial charge on any atom is -0.312 e. The number of Topliss-reactive ketones (excluding diaryl/α,β-unsaturated/α-hetero) is 1. The van der Waals surface area contributed by atoms with Crippen molar-refractivity contribution in [2.24, 2.45) is 0 Å². The molecule has 0 radical (unpaired) electrons. The summed E-state index contributed by atoms with van der Waals surface area (Å²) < 4.78 is 12.9. The minimum atomic E-state index is -0.404. The number of ketones is 1. The van der Waals surface area contributed by atoms with Crippen molar-refractivity contribution in [1.29, 1.82) is 0 Å². The van der Waals surface area contributed by atoms with Crippen LogP contribution in [0.25, 0.3) is 0 Å². The summed E-state index contributed by atoms with van der Waals surface area (Å²) in [6, 6.07) is 5.15. The maximum atomic E-state index is 12.9. The molecule has 5 nitrogen and oxygen atoms in total. The predicted molar refractivity (Wildman–Crippen MR) is 81.4 cm³/mol. The molecule has 1 aliphatic heterocycles. The van der Waals surface area contributed by atoms with Gasteiger partial charge in [0.2, 0.25) is 5.91 Å². The molecule has 1 aliphatic carbocycles. The van der Waals surface area contributed by atoms with Crippen molar-refractivity contribution in [3.63, 3.8) is 0 Å². The average molecular weight is 318 g/mol. The maximum absolute atomic E-state index is 12.9. The van der Waals surface area contributed by atoms with Gasteiger partial charge in [0.1, 0.15) is 12.4 Å². The zero-order valence-electron chi connectivity index (χ0n) is 12.8. The number of hydrogen-bond donors (Lipinski definition) is 0. The number of hydrogen-bond acceptors (Lipinski definition) is 3. The van der Waals surface area contributed by atoms with E-state index in [1.165, 1.54) is 29.2 Å². The second-order valence-electron chi connectivity index (χ2n) is 6.07. The van der Waals surface area contributed by atoms with E-state index in [1.54, 1.807) is 4.90 Å². The van der Waals surface area contributed by atoms with Gasteiger partial charge in [-0.1, -0.05) is 12.8 Å². The van der Waals surface area contributed by atoms with Gasteiger partial charge < -0.3 is 4.90 Å². The molecule has 0 N–H and O–H groups in total. The lowest BCUT2D eigenvalue weighted by Crippen LogP contribution is -2.38. The molecule has 6 heteroatoms. The molecule has 2 aliphatic rings. The van der Waals surface area contributed by atoms with Crippen LogP contribution in [0.5, 0.6) is 0 Å². The lowest BCUT2D eigenvalue weighted by Gasteiger charge is -2.22. The zero-order chi connectivity index (χ0) is 16.4. The molecule has 23 heavy (non-hydrogen) atoms. The summed E-state index contributed by atoms with van der Waals surface area (Å²) in [6.45, 7) is 0.200. The molecule has 1 saturated carbocycles. The molecule has 2 fully saturated rings. The summed E-state index contributed by atoms with van der Waals surface area (Å²) in [5.41, 5.74) is 0.387. The second-order valence-corrected chi connectivity index (χ2v) is 6.07. The van der Waals surface area contributed by atoms with Crippen LogP contribution in [0.4, 0.5) is 9.18 Å². The molecule has 0 unspecified atom stereocenters. The summed E-state index contributed by atoms with van der Waals surface area (Å²) in [6.07, 6.45) is 4.13. The van der Waals surface area contributed by atoms with Crippen molar-refractivity contribution in [2.75, 3.05) is 13.1 Å². The number of urea groups is 1. The predicted octanol–water partition coefficient (Wildman–Crippen LogP) is 2.61. The Labute approximate surface area is 134 Å². The molecular weight excluding hydrogens is 299 g/mol. The molecule has 122 valence electrons. The summed E-state index contributed by atoms with van der Waals surface area (Å²) in [5, 5.41) is 0. The molecule has 3 amide bonds. The molecule has 1 aromatic rings. The van der Waals surface area contributed by atoms with E-state index in [0.717, 1.165) is 25.7 Å². The molecule has 1 heterocycles. The molecular formula is C17H19FN2O3. The molecule has 0 bridgehead atoms. The topological polar surface area (TPSA) is 57.7 Å². The molecule has 0 aromatic heterocycles. The smallest absolute Gasteiger partial charge is 0.312 e. The van der Waals surface area contributed by atoms with Gasteiger partial charge >= 0.3 is 6.03 Å². The van der Waals surface area contributed by atoms with Crippen LogP contribution < -0.4 is 0 Å². The Bertz CT molecular complexity index is 623. The summed E-state index contributed by atoms with van der Waals surface area (Å²) >= 11 is 0. The third-order valence-corrected chi connectivity index (χ3v) is 4.58. The number of imide groups is 1. The fraction of sp³-hybridized carbons (Fsp3) is 0.471. The van der Waals surface area contributed by atoms with Crippen molar-refractivity contribution < 1.29 is 18.8 Å². The lowest BCUT2D eigenvalue weighted by molar-refractivity contribution is -0.125. The minimum absolute atomic E-state index is 0.0572. The Kier molecular flexibility index (Phi) is 4.41. The number of benzene rings is 1. The molecule has 1 saturated heterocycles. The van der Waals surface area contributed by atoms with E-state index in [-0.39, 0.29) is 43.3 Å². The van der Waals surface area contributed by atoms with Crippen LogP contribution in [-0.4, -0.2) is 46.7 Å². The van der Waals surface area contributed by atoms with Crippen molar-refractivity contribution in [3.05, 3.63) is 35.6 Å². The van der Waals surface area contributed by atoms with E-state index in [9.17, 15) is 18.8 Å². The molecule has 1 aromatic carbocycles. The van der Waals surface area contributed by atoms with Gasteiger partial charge in [0.05, 0.1) is 0 Å². The largest absolute Gasteiger partial charge is 0.327 e.